The molecule has 0 radical (unpaired) electrons. The third-order valence-electron chi connectivity index (χ3n) is 2.72. The fourth-order valence-corrected chi connectivity index (χ4v) is 2.02. The number of amides is 2. The van der Waals surface area contributed by atoms with E-state index in [9.17, 15) is 9.59 Å². The second kappa shape index (κ2) is 6.04. The normalized spacial score (nSPS) is 23.7. The van der Waals surface area contributed by atoms with Gasteiger partial charge in [0.2, 0.25) is 5.91 Å². The van der Waals surface area contributed by atoms with Crippen molar-refractivity contribution in [3.63, 3.8) is 0 Å². The average Bonchev–Trinajstić information content (AvgIpc) is 2.59. The number of rotatable bonds is 4. The summed E-state index contributed by atoms with van der Waals surface area (Å²) >= 11 is 0. The zero-order valence-electron chi connectivity index (χ0n) is 11.3. The van der Waals surface area contributed by atoms with E-state index in [0.29, 0.717) is 0 Å². The quantitative estimate of drug-likeness (QED) is 0.684. The molecule has 0 spiro atoms. The lowest BCUT2D eigenvalue weighted by atomic mass is 10.2. The van der Waals surface area contributed by atoms with Gasteiger partial charge in [-0.05, 0) is 40.0 Å². The van der Waals surface area contributed by atoms with Gasteiger partial charge >= 0.3 is 6.09 Å². The first-order chi connectivity index (χ1) is 8.26. The van der Waals surface area contributed by atoms with E-state index in [-0.39, 0.29) is 30.6 Å². The van der Waals surface area contributed by atoms with E-state index in [1.807, 2.05) is 20.8 Å². The Balaban J connectivity index is 2.26. The molecule has 18 heavy (non-hydrogen) atoms. The van der Waals surface area contributed by atoms with E-state index in [0.717, 1.165) is 19.3 Å². The van der Waals surface area contributed by atoms with Crippen molar-refractivity contribution in [2.75, 3.05) is 6.54 Å². The molecule has 2 unspecified atom stereocenters. The molecule has 0 saturated heterocycles. The molecule has 6 heteroatoms. The molecule has 0 bridgehead atoms. The molecule has 2 atom stereocenters. The minimum absolute atomic E-state index is 0.102. The van der Waals surface area contributed by atoms with Crippen LogP contribution >= 0.6 is 0 Å². The Kier molecular flexibility index (Phi) is 4.95. The van der Waals surface area contributed by atoms with Crippen LogP contribution in [0.15, 0.2) is 0 Å². The highest BCUT2D eigenvalue weighted by atomic mass is 16.6. The SMILES string of the molecule is CC(C)(C)OC(=O)NC1CCC(NCC(N)=O)C1. The molecule has 1 aliphatic carbocycles. The van der Waals surface area contributed by atoms with E-state index in [1.54, 1.807) is 0 Å². The predicted molar refractivity (Wildman–Crippen MR) is 68.0 cm³/mol. The molecule has 104 valence electrons. The molecule has 0 aliphatic heterocycles. The monoisotopic (exact) mass is 257 g/mol. The summed E-state index contributed by atoms with van der Waals surface area (Å²) < 4.78 is 5.19. The maximum absolute atomic E-state index is 11.6. The molecule has 0 aromatic carbocycles. The summed E-state index contributed by atoms with van der Waals surface area (Å²) in [5.41, 5.74) is 4.58. The third kappa shape index (κ3) is 5.86. The largest absolute Gasteiger partial charge is 0.444 e. The van der Waals surface area contributed by atoms with Crippen molar-refractivity contribution >= 4 is 12.0 Å². The summed E-state index contributed by atoms with van der Waals surface area (Å²) in [6.45, 7) is 5.68. The van der Waals surface area contributed by atoms with Crippen molar-refractivity contribution in [2.45, 2.75) is 57.7 Å². The van der Waals surface area contributed by atoms with Crippen LogP contribution in [0.3, 0.4) is 0 Å². The van der Waals surface area contributed by atoms with Gasteiger partial charge in [0, 0.05) is 12.1 Å². The van der Waals surface area contributed by atoms with Gasteiger partial charge < -0.3 is 21.1 Å². The summed E-state index contributed by atoms with van der Waals surface area (Å²) in [6.07, 6.45) is 2.22. The molecule has 0 heterocycles. The Hall–Kier alpha value is -1.30. The summed E-state index contributed by atoms with van der Waals surface area (Å²) in [5.74, 6) is -0.362. The molecule has 2 amide bonds. The lowest BCUT2D eigenvalue weighted by molar-refractivity contribution is -0.117. The lowest BCUT2D eigenvalue weighted by Crippen LogP contribution is -2.40. The number of ether oxygens (including phenoxy) is 1. The first kappa shape index (κ1) is 14.8. The van der Waals surface area contributed by atoms with Gasteiger partial charge in [0.15, 0.2) is 0 Å². The summed E-state index contributed by atoms with van der Waals surface area (Å²) in [6, 6.07) is 0.336. The fraction of sp³-hybridized carbons (Fsp3) is 0.833. The molecular formula is C12H23N3O3. The zero-order valence-corrected chi connectivity index (χ0v) is 11.3. The number of nitrogens with one attached hydrogen (secondary N) is 2. The first-order valence-electron chi connectivity index (χ1n) is 6.27. The van der Waals surface area contributed by atoms with E-state index in [2.05, 4.69) is 10.6 Å². The lowest BCUT2D eigenvalue weighted by Gasteiger charge is -2.21. The van der Waals surface area contributed by atoms with Gasteiger partial charge in [-0.1, -0.05) is 0 Å². The number of carbonyl (C=O) groups excluding carboxylic acids is 2. The minimum Gasteiger partial charge on any atom is -0.444 e. The van der Waals surface area contributed by atoms with E-state index in [4.69, 9.17) is 10.5 Å². The van der Waals surface area contributed by atoms with Gasteiger partial charge in [-0.3, -0.25) is 4.79 Å². The summed E-state index contributed by atoms with van der Waals surface area (Å²) in [7, 11) is 0. The second-order valence-electron chi connectivity index (χ2n) is 5.70. The van der Waals surface area contributed by atoms with Gasteiger partial charge in [0.05, 0.1) is 6.54 Å². The van der Waals surface area contributed by atoms with Gasteiger partial charge in [0.1, 0.15) is 5.60 Å². The smallest absolute Gasteiger partial charge is 0.407 e. The van der Waals surface area contributed by atoms with Gasteiger partial charge in [-0.15, -0.1) is 0 Å². The fourth-order valence-electron chi connectivity index (χ4n) is 2.02. The predicted octanol–water partition coefficient (Wildman–Crippen LogP) is 0.507. The molecule has 1 aliphatic rings. The molecular weight excluding hydrogens is 234 g/mol. The van der Waals surface area contributed by atoms with E-state index < -0.39 is 5.60 Å². The van der Waals surface area contributed by atoms with Crippen LogP contribution < -0.4 is 16.4 Å². The van der Waals surface area contributed by atoms with Crippen LogP contribution in [0.25, 0.3) is 0 Å². The van der Waals surface area contributed by atoms with Crippen molar-refractivity contribution in [2.24, 2.45) is 5.73 Å². The number of hydrogen-bond acceptors (Lipinski definition) is 4. The highest BCUT2D eigenvalue weighted by molar-refractivity contribution is 5.75. The van der Waals surface area contributed by atoms with Crippen LogP contribution in [0.1, 0.15) is 40.0 Å². The maximum atomic E-state index is 11.6. The Morgan fingerprint density at radius 1 is 1.28 bits per heavy atom. The second-order valence-corrected chi connectivity index (χ2v) is 5.70. The first-order valence-corrected chi connectivity index (χ1v) is 6.27. The Bertz CT molecular complexity index is 312. The van der Waals surface area contributed by atoms with Crippen LogP contribution in [0, 0.1) is 0 Å². The number of nitrogens with two attached hydrogens (primary N) is 1. The van der Waals surface area contributed by atoms with Gasteiger partial charge in [-0.2, -0.15) is 0 Å². The van der Waals surface area contributed by atoms with Crippen LogP contribution in [-0.2, 0) is 9.53 Å². The third-order valence-corrected chi connectivity index (χ3v) is 2.72. The number of carbonyl (C=O) groups is 2. The van der Waals surface area contributed by atoms with Crippen LogP contribution in [0.2, 0.25) is 0 Å². The van der Waals surface area contributed by atoms with Gasteiger partial charge in [-0.25, -0.2) is 4.79 Å². The molecule has 0 aromatic rings. The number of alkyl carbamates (subject to hydrolysis) is 1. The van der Waals surface area contributed by atoms with Crippen molar-refractivity contribution in [1.29, 1.82) is 0 Å². The van der Waals surface area contributed by atoms with E-state index >= 15 is 0 Å². The Morgan fingerprint density at radius 3 is 2.44 bits per heavy atom. The van der Waals surface area contributed by atoms with E-state index in [1.165, 1.54) is 0 Å². The molecule has 1 fully saturated rings. The van der Waals surface area contributed by atoms with Crippen LogP contribution in [0.4, 0.5) is 4.79 Å². The van der Waals surface area contributed by atoms with Gasteiger partial charge in [0.25, 0.3) is 0 Å². The van der Waals surface area contributed by atoms with Crippen molar-refractivity contribution < 1.29 is 14.3 Å². The van der Waals surface area contributed by atoms with Crippen molar-refractivity contribution in [3.05, 3.63) is 0 Å². The van der Waals surface area contributed by atoms with Crippen molar-refractivity contribution in [3.8, 4) is 0 Å². The highest BCUT2D eigenvalue weighted by Gasteiger charge is 2.27. The minimum atomic E-state index is -0.480. The summed E-state index contributed by atoms with van der Waals surface area (Å²) in [4.78, 5) is 22.2. The molecule has 4 N–H and O–H groups in total. The molecule has 1 rings (SSSR count). The standard InChI is InChI=1S/C12H23N3O3/c1-12(2,3)18-11(17)15-9-5-4-8(6-9)14-7-10(13)16/h8-9,14H,4-7H2,1-3H3,(H2,13,16)(H,15,17). The number of hydrogen-bond donors (Lipinski definition) is 3. The highest BCUT2D eigenvalue weighted by Crippen LogP contribution is 2.19. The number of primary amides is 1. The summed E-state index contributed by atoms with van der Waals surface area (Å²) in [5, 5.41) is 5.90. The Morgan fingerprint density at radius 2 is 1.89 bits per heavy atom. The van der Waals surface area contributed by atoms with Crippen LogP contribution in [-0.4, -0.2) is 36.2 Å². The topological polar surface area (TPSA) is 93.4 Å². The average molecular weight is 257 g/mol. The molecule has 0 aromatic heterocycles. The Labute approximate surface area is 108 Å². The van der Waals surface area contributed by atoms with Crippen LogP contribution in [0.5, 0.6) is 0 Å². The maximum Gasteiger partial charge on any atom is 0.407 e. The molecule has 6 nitrogen and oxygen atoms in total. The molecule has 1 saturated carbocycles. The zero-order chi connectivity index (χ0) is 13.8. The van der Waals surface area contributed by atoms with Crippen molar-refractivity contribution in [1.82, 2.24) is 10.6 Å².